The molecule has 0 atom stereocenters. The number of rotatable bonds is 3. The fourth-order valence-electron chi connectivity index (χ4n) is 1.77. The lowest BCUT2D eigenvalue weighted by atomic mass is 10.3. The Morgan fingerprint density at radius 2 is 2.25 bits per heavy atom. The Morgan fingerprint density at radius 3 is 2.94 bits per heavy atom. The van der Waals surface area contributed by atoms with Gasteiger partial charge in [-0.05, 0) is 26.1 Å². The first-order valence-electron chi connectivity index (χ1n) is 5.10. The van der Waals surface area contributed by atoms with Gasteiger partial charge in [0.1, 0.15) is 11.3 Å². The SMILES string of the molecule is CNCCn1c(C)nc2c(F)cc(Br)cc21. The lowest BCUT2D eigenvalue weighted by molar-refractivity contribution is 0.636. The molecule has 0 unspecified atom stereocenters. The molecule has 5 heteroatoms. The van der Waals surface area contributed by atoms with Crippen molar-refractivity contribution in [3.63, 3.8) is 0 Å². The van der Waals surface area contributed by atoms with E-state index in [4.69, 9.17) is 0 Å². The van der Waals surface area contributed by atoms with Crippen molar-refractivity contribution >= 4 is 27.0 Å². The fourth-order valence-corrected chi connectivity index (χ4v) is 2.19. The summed E-state index contributed by atoms with van der Waals surface area (Å²) in [5.41, 5.74) is 1.27. The second-order valence-corrected chi connectivity index (χ2v) is 4.59. The zero-order valence-electron chi connectivity index (χ0n) is 9.22. The zero-order chi connectivity index (χ0) is 11.7. The summed E-state index contributed by atoms with van der Waals surface area (Å²) in [6, 6.07) is 3.34. The number of likely N-dealkylation sites (N-methyl/N-ethyl adjacent to an activating group) is 1. The van der Waals surface area contributed by atoms with Gasteiger partial charge in [0.2, 0.25) is 0 Å². The second kappa shape index (κ2) is 4.51. The summed E-state index contributed by atoms with van der Waals surface area (Å²) in [7, 11) is 1.89. The highest BCUT2D eigenvalue weighted by Crippen LogP contribution is 2.23. The first kappa shape index (κ1) is 11.5. The van der Waals surface area contributed by atoms with Gasteiger partial charge in [-0.1, -0.05) is 15.9 Å². The number of nitrogens with zero attached hydrogens (tertiary/aromatic N) is 2. The molecular formula is C11H13BrFN3. The van der Waals surface area contributed by atoms with Crippen molar-refractivity contribution in [2.45, 2.75) is 13.5 Å². The number of imidazole rings is 1. The maximum Gasteiger partial charge on any atom is 0.152 e. The minimum atomic E-state index is -0.282. The van der Waals surface area contributed by atoms with Gasteiger partial charge < -0.3 is 9.88 Å². The van der Waals surface area contributed by atoms with Crippen LogP contribution in [0.1, 0.15) is 5.82 Å². The first-order chi connectivity index (χ1) is 7.63. The van der Waals surface area contributed by atoms with E-state index in [1.54, 1.807) is 0 Å². The summed E-state index contributed by atoms with van der Waals surface area (Å²) in [5.74, 6) is 0.554. The summed E-state index contributed by atoms with van der Waals surface area (Å²) in [6.45, 7) is 3.51. The van der Waals surface area contributed by atoms with Crippen molar-refractivity contribution in [2.75, 3.05) is 13.6 Å². The average Bonchev–Trinajstić information content (AvgIpc) is 2.53. The van der Waals surface area contributed by atoms with Crippen molar-refractivity contribution in [3.8, 4) is 0 Å². The smallest absolute Gasteiger partial charge is 0.152 e. The van der Waals surface area contributed by atoms with Crippen molar-refractivity contribution in [2.24, 2.45) is 0 Å². The van der Waals surface area contributed by atoms with E-state index in [2.05, 4.69) is 26.2 Å². The molecule has 2 rings (SSSR count). The lowest BCUT2D eigenvalue weighted by Crippen LogP contribution is -2.15. The number of hydrogen-bond acceptors (Lipinski definition) is 2. The number of aromatic nitrogens is 2. The molecule has 1 aromatic heterocycles. The van der Waals surface area contributed by atoms with Gasteiger partial charge in [-0.25, -0.2) is 9.37 Å². The molecule has 0 aliphatic rings. The first-order valence-corrected chi connectivity index (χ1v) is 5.89. The number of halogens is 2. The standard InChI is InChI=1S/C11H13BrFN3/c1-7-15-11-9(13)5-8(12)6-10(11)16(7)4-3-14-2/h5-6,14H,3-4H2,1-2H3. The fraction of sp³-hybridized carbons (Fsp3) is 0.364. The van der Waals surface area contributed by atoms with E-state index in [-0.39, 0.29) is 5.82 Å². The highest BCUT2D eigenvalue weighted by molar-refractivity contribution is 9.10. The Labute approximate surface area is 102 Å². The molecule has 0 bridgehead atoms. The van der Waals surface area contributed by atoms with Gasteiger partial charge in [0.15, 0.2) is 5.82 Å². The number of benzene rings is 1. The highest BCUT2D eigenvalue weighted by Gasteiger charge is 2.11. The summed E-state index contributed by atoms with van der Waals surface area (Å²) in [6.07, 6.45) is 0. The molecule has 0 aliphatic carbocycles. The van der Waals surface area contributed by atoms with Crippen LogP contribution in [0.2, 0.25) is 0 Å². The van der Waals surface area contributed by atoms with E-state index in [0.29, 0.717) is 5.52 Å². The van der Waals surface area contributed by atoms with Crippen LogP contribution in [0.15, 0.2) is 16.6 Å². The van der Waals surface area contributed by atoms with Crippen LogP contribution in [-0.4, -0.2) is 23.1 Å². The molecule has 0 saturated heterocycles. The summed E-state index contributed by atoms with van der Waals surface area (Å²) < 4.78 is 16.4. The third-order valence-electron chi connectivity index (χ3n) is 2.55. The zero-order valence-corrected chi connectivity index (χ0v) is 10.8. The molecular weight excluding hydrogens is 273 g/mol. The van der Waals surface area contributed by atoms with Crippen LogP contribution in [0.5, 0.6) is 0 Å². The average molecular weight is 286 g/mol. The van der Waals surface area contributed by atoms with Crippen molar-refractivity contribution in [1.82, 2.24) is 14.9 Å². The van der Waals surface area contributed by atoms with Crippen LogP contribution in [-0.2, 0) is 6.54 Å². The molecule has 3 nitrogen and oxygen atoms in total. The molecule has 0 amide bonds. The molecule has 2 aromatic rings. The van der Waals surface area contributed by atoms with E-state index in [0.717, 1.165) is 28.9 Å². The van der Waals surface area contributed by atoms with Gasteiger partial charge in [0.25, 0.3) is 0 Å². The number of hydrogen-bond donors (Lipinski definition) is 1. The van der Waals surface area contributed by atoms with E-state index in [1.165, 1.54) is 6.07 Å². The minimum Gasteiger partial charge on any atom is -0.327 e. The predicted molar refractivity (Wildman–Crippen MR) is 66.1 cm³/mol. The van der Waals surface area contributed by atoms with Crippen molar-refractivity contribution in [3.05, 3.63) is 28.2 Å². The van der Waals surface area contributed by atoms with E-state index in [9.17, 15) is 4.39 Å². The summed E-state index contributed by atoms with van der Waals surface area (Å²) in [4.78, 5) is 4.25. The summed E-state index contributed by atoms with van der Waals surface area (Å²) in [5, 5.41) is 3.07. The molecule has 0 fully saturated rings. The lowest BCUT2D eigenvalue weighted by Gasteiger charge is -2.06. The maximum absolute atomic E-state index is 13.6. The second-order valence-electron chi connectivity index (χ2n) is 3.67. The third-order valence-corrected chi connectivity index (χ3v) is 3.01. The molecule has 16 heavy (non-hydrogen) atoms. The molecule has 0 spiro atoms. The van der Waals surface area contributed by atoms with Crippen LogP contribution >= 0.6 is 15.9 Å². The highest BCUT2D eigenvalue weighted by atomic mass is 79.9. The third kappa shape index (κ3) is 1.97. The maximum atomic E-state index is 13.6. The Morgan fingerprint density at radius 1 is 1.50 bits per heavy atom. The quantitative estimate of drug-likeness (QED) is 0.939. The van der Waals surface area contributed by atoms with Gasteiger partial charge in [-0.15, -0.1) is 0 Å². The van der Waals surface area contributed by atoms with Gasteiger partial charge in [-0.3, -0.25) is 0 Å². The molecule has 0 saturated carbocycles. The van der Waals surface area contributed by atoms with Crippen LogP contribution in [0.3, 0.4) is 0 Å². The van der Waals surface area contributed by atoms with E-state index in [1.807, 2.05) is 24.6 Å². The normalized spacial score (nSPS) is 11.2. The topological polar surface area (TPSA) is 29.9 Å². The minimum absolute atomic E-state index is 0.282. The molecule has 1 N–H and O–H groups in total. The van der Waals surface area contributed by atoms with Crippen LogP contribution < -0.4 is 5.32 Å². The number of fused-ring (bicyclic) bond motifs is 1. The Kier molecular flexibility index (Phi) is 3.25. The molecule has 0 aliphatic heterocycles. The molecule has 1 heterocycles. The Hall–Kier alpha value is -0.940. The predicted octanol–water partition coefficient (Wildman–Crippen LogP) is 2.47. The van der Waals surface area contributed by atoms with Gasteiger partial charge in [0.05, 0.1) is 5.52 Å². The van der Waals surface area contributed by atoms with E-state index < -0.39 is 0 Å². The van der Waals surface area contributed by atoms with E-state index >= 15 is 0 Å². The van der Waals surface area contributed by atoms with Gasteiger partial charge >= 0.3 is 0 Å². The number of aryl methyl sites for hydroxylation is 1. The van der Waals surface area contributed by atoms with Crippen molar-refractivity contribution < 1.29 is 4.39 Å². The summed E-state index contributed by atoms with van der Waals surface area (Å²) >= 11 is 3.30. The molecule has 1 aromatic carbocycles. The molecule has 0 radical (unpaired) electrons. The van der Waals surface area contributed by atoms with Crippen molar-refractivity contribution in [1.29, 1.82) is 0 Å². The Bertz CT molecular complexity index is 521. The Balaban J connectivity index is 2.59. The van der Waals surface area contributed by atoms with Crippen LogP contribution in [0.25, 0.3) is 11.0 Å². The van der Waals surface area contributed by atoms with Crippen LogP contribution in [0, 0.1) is 12.7 Å². The largest absolute Gasteiger partial charge is 0.327 e. The number of nitrogens with one attached hydrogen (secondary N) is 1. The monoisotopic (exact) mass is 285 g/mol. The van der Waals surface area contributed by atoms with Gasteiger partial charge in [-0.2, -0.15) is 0 Å². The van der Waals surface area contributed by atoms with Crippen LogP contribution in [0.4, 0.5) is 4.39 Å². The molecule has 86 valence electrons. The van der Waals surface area contributed by atoms with Gasteiger partial charge in [0, 0.05) is 17.6 Å².